The summed E-state index contributed by atoms with van der Waals surface area (Å²) in [4.78, 5) is 2.41. The molecule has 1 saturated heterocycles. The third-order valence-corrected chi connectivity index (χ3v) is 3.76. The van der Waals surface area contributed by atoms with E-state index in [0.717, 1.165) is 11.6 Å². The van der Waals surface area contributed by atoms with Crippen LogP contribution in [-0.4, -0.2) is 19.6 Å². The molecule has 94 valence electrons. The number of halogens is 1. The van der Waals surface area contributed by atoms with Crippen LogP contribution in [0.15, 0.2) is 18.2 Å². The molecule has 0 spiro atoms. The fraction of sp³-hybridized carbons (Fsp3) is 0.571. The molecule has 1 aliphatic rings. The Morgan fingerprint density at radius 3 is 2.65 bits per heavy atom. The smallest absolute Gasteiger partial charge is 0.0474 e. The summed E-state index contributed by atoms with van der Waals surface area (Å²) in [5.74, 6) is 0. The first-order valence-electron chi connectivity index (χ1n) is 6.50. The minimum Gasteiger partial charge on any atom is -0.371 e. The number of nitrogens with zero attached hydrogens (tertiary/aromatic N) is 1. The van der Waals surface area contributed by atoms with Crippen molar-refractivity contribution in [2.45, 2.75) is 32.7 Å². The molecule has 0 bridgehead atoms. The predicted octanol–water partition coefficient (Wildman–Crippen LogP) is 3.61. The van der Waals surface area contributed by atoms with Gasteiger partial charge in [0.25, 0.3) is 0 Å². The lowest BCUT2D eigenvalue weighted by atomic mass is 10.1. The normalized spacial score (nSPS) is 17.5. The predicted molar refractivity (Wildman–Crippen MR) is 75.0 cm³/mol. The lowest BCUT2D eigenvalue weighted by Gasteiger charge is -2.20. The zero-order valence-electron chi connectivity index (χ0n) is 10.7. The van der Waals surface area contributed by atoms with E-state index in [2.05, 4.69) is 42.3 Å². The SMILES string of the molecule is CCNC(C)c1ccc(N2CCCC2)cc1Cl. The molecular formula is C14H21ClN2. The van der Waals surface area contributed by atoms with Crippen molar-refractivity contribution < 1.29 is 0 Å². The van der Waals surface area contributed by atoms with E-state index in [1.165, 1.54) is 37.2 Å². The van der Waals surface area contributed by atoms with Gasteiger partial charge >= 0.3 is 0 Å². The van der Waals surface area contributed by atoms with Crippen LogP contribution in [0.1, 0.15) is 38.3 Å². The number of anilines is 1. The second-order valence-electron chi connectivity index (χ2n) is 4.68. The Morgan fingerprint density at radius 2 is 2.06 bits per heavy atom. The fourth-order valence-corrected chi connectivity index (χ4v) is 2.79. The molecule has 0 radical (unpaired) electrons. The lowest BCUT2D eigenvalue weighted by molar-refractivity contribution is 0.598. The van der Waals surface area contributed by atoms with Crippen LogP contribution in [0.4, 0.5) is 5.69 Å². The highest BCUT2D eigenvalue weighted by atomic mass is 35.5. The standard InChI is InChI=1S/C14H21ClN2/c1-3-16-11(2)13-7-6-12(10-14(13)15)17-8-4-5-9-17/h6-7,10-11,16H,3-5,8-9H2,1-2H3. The van der Waals surface area contributed by atoms with Crippen LogP contribution >= 0.6 is 11.6 Å². The molecule has 1 aromatic rings. The summed E-state index contributed by atoms with van der Waals surface area (Å²) in [6.45, 7) is 7.56. The maximum absolute atomic E-state index is 6.37. The van der Waals surface area contributed by atoms with Crippen LogP contribution in [0, 0.1) is 0 Å². The highest BCUT2D eigenvalue weighted by Crippen LogP contribution is 2.29. The van der Waals surface area contributed by atoms with Gasteiger partial charge in [-0.05, 0) is 44.0 Å². The molecular weight excluding hydrogens is 232 g/mol. The zero-order chi connectivity index (χ0) is 12.3. The van der Waals surface area contributed by atoms with Gasteiger partial charge < -0.3 is 10.2 Å². The molecule has 1 aromatic carbocycles. The number of hydrogen-bond donors (Lipinski definition) is 1. The first kappa shape index (κ1) is 12.7. The van der Waals surface area contributed by atoms with Crippen LogP contribution in [0.2, 0.25) is 5.02 Å². The molecule has 1 fully saturated rings. The fourth-order valence-electron chi connectivity index (χ4n) is 2.46. The minimum absolute atomic E-state index is 0.320. The summed E-state index contributed by atoms with van der Waals surface area (Å²) in [5, 5.41) is 4.27. The summed E-state index contributed by atoms with van der Waals surface area (Å²) < 4.78 is 0. The van der Waals surface area contributed by atoms with Crippen LogP contribution in [-0.2, 0) is 0 Å². The summed E-state index contributed by atoms with van der Waals surface area (Å²) in [5.41, 5.74) is 2.46. The molecule has 0 amide bonds. The van der Waals surface area contributed by atoms with Crippen LogP contribution in [0.25, 0.3) is 0 Å². The van der Waals surface area contributed by atoms with Crippen LogP contribution in [0.5, 0.6) is 0 Å². The highest BCUT2D eigenvalue weighted by molar-refractivity contribution is 6.31. The van der Waals surface area contributed by atoms with Crippen molar-refractivity contribution in [3.05, 3.63) is 28.8 Å². The van der Waals surface area contributed by atoms with Crippen molar-refractivity contribution in [2.75, 3.05) is 24.5 Å². The Bertz CT molecular complexity index is 372. The Labute approximate surface area is 109 Å². The number of rotatable bonds is 4. The molecule has 0 aliphatic carbocycles. The Kier molecular flexibility index (Phi) is 4.30. The molecule has 1 atom stereocenters. The van der Waals surface area contributed by atoms with E-state index < -0.39 is 0 Å². The van der Waals surface area contributed by atoms with E-state index in [0.29, 0.717) is 6.04 Å². The van der Waals surface area contributed by atoms with Gasteiger partial charge in [0.05, 0.1) is 0 Å². The van der Waals surface area contributed by atoms with E-state index >= 15 is 0 Å². The van der Waals surface area contributed by atoms with E-state index in [1.54, 1.807) is 0 Å². The number of hydrogen-bond acceptors (Lipinski definition) is 2. The van der Waals surface area contributed by atoms with Gasteiger partial charge in [-0.15, -0.1) is 0 Å². The summed E-state index contributed by atoms with van der Waals surface area (Å²) in [6.07, 6.45) is 2.60. The molecule has 2 nitrogen and oxygen atoms in total. The lowest BCUT2D eigenvalue weighted by Crippen LogP contribution is -2.19. The van der Waals surface area contributed by atoms with Gasteiger partial charge in [0.2, 0.25) is 0 Å². The van der Waals surface area contributed by atoms with Gasteiger partial charge in [-0.3, -0.25) is 0 Å². The van der Waals surface area contributed by atoms with Gasteiger partial charge in [0.1, 0.15) is 0 Å². The Morgan fingerprint density at radius 1 is 1.35 bits per heavy atom. The topological polar surface area (TPSA) is 15.3 Å². The Hall–Kier alpha value is -0.730. The van der Waals surface area contributed by atoms with Crippen molar-refractivity contribution >= 4 is 17.3 Å². The molecule has 2 rings (SSSR count). The first-order chi connectivity index (χ1) is 8.22. The third-order valence-electron chi connectivity index (χ3n) is 3.43. The van der Waals surface area contributed by atoms with Crippen molar-refractivity contribution in [2.24, 2.45) is 0 Å². The van der Waals surface area contributed by atoms with Crippen molar-refractivity contribution in [1.82, 2.24) is 5.32 Å². The van der Waals surface area contributed by atoms with E-state index in [9.17, 15) is 0 Å². The largest absolute Gasteiger partial charge is 0.371 e. The molecule has 1 N–H and O–H groups in total. The van der Waals surface area contributed by atoms with Crippen LogP contribution in [0.3, 0.4) is 0 Å². The summed E-state index contributed by atoms with van der Waals surface area (Å²) >= 11 is 6.37. The van der Waals surface area contributed by atoms with Gasteiger partial charge in [-0.25, -0.2) is 0 Å². The average molecular weight is 253 g/mol. The van der Waals surface area contributed by atoms with Crippen molar-refractivity contribution in [3.63, 3.8) is 0 Å². The van der Waals surface area contributed by atoms with Crippen molar-refractivity contribution in [1.29, 1.82) is 0 Å². The van der Waals surface area contributed by atoms with Crippen molar-refractivity contribution in [3.8, 4) is 0 Å². The highest BCUT2D eigenvalue weighted by Gasteiger charge is 2.15. The molecule has 1 heterocycles. The number of benzene rings is 1. The average Bonchev–Trinajstić information content (AvgIpc) is 2.82. The van der Waals surface area contributed by atoms with E-state index in [4.69, 9.17) is 11.6 Å². The van der Waals surface area contributed by atoms with Gasteiger partial charge in [-0.2, -0.15) is 0 Å². The maximum Gasteiger partial charge on any atom is 0.0474 e. The zero-order valence-corrected chi connectivity index (χ0v) is 11.4. The van der Waals surface area contributed by atoms with Gasteiger partial charge in [0.15, 0.2) is 0 Å². The quantitative estimate of drug-likeness (QED) is 0.881. The second kappa shape index (κ2) is 5.74. The molecule has 0 saturated carbocycles. The van der Waals surface area contributed by atoms with E-state index in [1.807, 2.05) is 0 Å². The molecule has 1 unspecified atom stereocenters. The summed E-state index contributed by atoms with van der Waals surface area (Å²) in [7, 11) is 0. The minimum atomic E-state index is 0.320. The number of nitrogens with one attached hydrogen (secondary N) is 1. The summed E-state index contributed by atoms with van der Waals surface area (Å²) in [6, 6.07) is 6.78. The maximum atomic E-state index is 6.37. The molecule has 3 heteroatoms. The second-order valence-corrected chi connectivity index (χ2v) is 5.09. The monoisotopic (exact) mass is 252 g/mol. The third kappa shape index (κ3) is 2.93. The van der Waals surface area contributed by atoms with E-state index in [-0.39, 0.29) is 0 Å². The molecule has 1 aliphatic heterocycles. The van der Waals surface area contributed by atoms with Crippen LogP contribution < -0.4 is 10.2 Å². The Balaban J connectivity index is 2.16. The molecule has 0 aromatic heterocycles. The van der Waals surface area contributed by atoms with Gasteiger partial charge in [0, 0.05) is 29.8 Å². The van der Waals surface area contributed by atoms with Gasteiger partial charge in [-0.1, -0.05) is 24.6 Å². The first-order valence-corrected chi connectivity index (χ1v) is 6.88. The molecule has 17 heavy (non-hydrogen) atoms.